The van der Waals surface area contributed by atoms with Gasteiger partial charge in [-0.25, -0.2) is 0 Å². The molecule has 0 spiro atoms. The van der Waals surface area contributed by atoms with Gasteiger partial charge >= 0.3 is 0 Å². The highest BCUT2D eigenvalue weighted by molar-refractivity contribution is 6.09. The standard InChI is InChI=1S/C25H27N3O3/c1-17-15-22(18(2)28(17)19-9-4-3-5-10-19)25(30)27-23-13-7-6-12-21(23)24(29)26-16-20-11-8-14-31-20/h3-7,9-10,12-13,15,20H,8,11,14,16H2,1-2H3,(H,26,29)(H,27,30). The summed E-state index contributed by atoms with van der Waals surface area (Å²) in [5, 5.41) is 5.85. The van der Waals surface area contributed by atoms with Crippen LogP contribution < -0.4 is 10.6 Å². The van der Waals surface area contributed by atoms with Crippen LogP contribution in [-0.4, -0.2) is 35.6 Å². The molecule has 4 rings (SSSR count). The summed E-state index contributed by atoms with van der Waals surface area (Å²) < 4.78 is 7.62. The number of carbonyl (C=O) groups is 2. The minimum atomic E-state index is -0.241. The van der Waals surface area contributed by atoms with Gasteiger partial charge in [-0.15, -0.1) is 0 Å². The minimum absolute atomic E-state index is 0.0640. The summed E-state index contributed by atoms with van der Waals surface area (Å²) in [5.41, 5.74) is 4.33. The van der Waals surface area contributed by atoms with Gasteiger partial charge in [0.25, 0.3) is 11.8 Å². The summed E-state index contributed by atoms with van der Waals surface area (Å²) in [7, 11) is 0. The van der Waals surface area contributed by atoms with Gasteiger partial charge in [-0.3, -0.25) is 9.59 Å². The van der Waals surface area contributed by atoms with Crippen molar-refractivity contribution in [2.45, 2.75) is 32.8 Å². The van der Waals surface area contributed by atoms with Crippen molar-refractivity contribution in [3.05, 3.63) is 83.2 Å². The first-order valence-corrected chi connectivity index (χ1v) is 10.6. The van der Waals surface area contributed by atoms with Gasteiger partial charge < -0.3 is 19.9 Å². The molecule has 1 unspecified atom stereocenters. The van der Waals surface area contributed by atoms with Crippen molar-refractivity contribution in [2.24, 2.45) is 0 Å². The zero-order valence-corrected chi connectivity index (χ0v) is 17.9. The maximum absolute atomic E-state index is 13.1. The predicted molar refractivity (Wildman–Crippen MR) is 121 cm³/mol. The number of aromatic nitrogens is 1. The Bertz CT molecular complexity index is 1080. The SMILES string of the molecule is Cc1cc(C(=O)Nc2ccccc2C(=O)NCC2CCCO2)c(C)n1-c1ccccc1. The Morgan fingerprint density at radius 1 is 1.00 bits per heavy atom. The Hall–Kier alpha value is -3.38. The third kappa shape index (κ3) is 4.54. The highest BCUT2D eigenvalue weighted by Crippen LogP contribution is 2.23. The summed E-state index contributed by atoms with van der Waals surface area (Å²) in [6, 6.07) is 18.9. The molecule has 0 bridgehead atoms. The molecule has 6 heteroatoms. The summed E-state index contributed by atoms with van der Waals surface area (Å²) in [6.45, 7) is 5.12. The van der Waals surface area contributed by atoms with Crippen LogP contribution in [0.25, 0.3) is 5.69 Å². The highest BCUT2D eigenvalue weighted by Gasteiger charge is 2.21. The molecule has 0 radical (unpaired) electrons. The molecule has 3 aromatic rings. The van der Waals surface area contributed by atoms with Gasteiger partial charge in [0.05, 0.1) is 22.9 Å². The number of hydrogen-bond donors (Lipinski definition) is 2. The predicted octanol–water partition coefficient (Wildman–Crippen LogP) is 4.26. The third-order valence-corrected chi connectivity index (χ3v) is 5.62. The fourth-order valence-electron chi connectivity index (χ4n) is 4.05. The Labute approximate surface area is 182 Å². The first-order valence-electron chi connectivity index (χ1n) is 10.6. The van der Waals surface area contributed by atoms with Crippen molar-refractivity contribution in [3.63, 3.8) is 0 Å². The van der Waals surface area contributed by atoms with Gasteiger partial charge in [-0.05, 0) is 57.0 Å². The van der Waals surface area contributed by atoms with Crippen LogP contribution in [-0.2, 0) is 4.74 Å². The topological polar surface area (TPSA) is 72.4 Å². The number of rotatable bonds is 6. The van der Waals surface area contributed by atoms with E-state index >= 15 is 0 Å². The molecule has 1 aliphatic rings. The number of ether oxygens (including phenoxy) is 1. The van der Waals surface area contributed by atoms with Crippen LogP contribution in [0.15, 0.2) is 60.7 Å². The van der Waals surface area contributed by atoms with Crippen LogP contribution in [0.2, 0.25) is 0 Å². The molecule has 0 saturated carbocycles. The lowest BCUT2D eigenvalue weighted by Gasteiger charge is -2.14. The molecule has 0 aliphatic carbocycles. The Balaban J connectivity index is 1.52. The van der Waals surface area contributed by atoms with Crippen LogP contribution in [0.4, 0.5) is 5.69 Å². The number of anilines is 1. The third-order valence-electron chi connectivity index (χ3n) is 5.62. The number of para-hydroxylation sites is 2. The first-order chi connectivity index (χ1) is 15.0. The molecule has 1 atom stereocenters. The second-order valence-corrected chi connectivity index (χ2v) is 7.80. The molecular weight excluding hydrogens is 390 g/mol. The van der Waals surface area contributed by atoms with Gasteiger partial charge in [0.2, 0.25) is 0 Å². The molecule has 2 aromatic carbocycles. The van der Waals surface area contributed by atoms with Gasteiger partial charge in [-0.2, -0.15) is 0 Å². The van der Waals surface area contributed by atoms with Crippen molar-refractivity contribution in [3.8, 4) is 5.69 Å². The number of benzene rings is 2. The number of carbonyl (C=O) groups excluding carboxylic acids is 2. The van der Waals surface area contributed by atoms with Crippen LogP contribution >= 0.6 is 0 Å². The monoisotopic (exact) mass is 417 g/mol. The number of nitrogens with zero attached hydrogens (tertiary/aromatic N) is 1. The van der Waals surface area contributed by atoms with E-state index in [1.54, 1.807) is 24.3 Å². The van der Waals surface area contributed by atoms with E-state index in [9.17, 15) is 9.59 Å². The summed E-state index contributed by atoms with van der Waals surface area (Å²) in [6.07, 6.45) is 2.04. The van der Waals surface area contributed by atoms with Crippen molar-refractivity contribution in [1.82, 2.24) is 9.88 Å². The average molecular weight is 418 g/mol. The van der Waals surface area contributed by atoms with E-state index in [1.165, 1.54) is 0 Å². The molecule has 1 aliphatic heterocycles. The fourth-order valence-corrected chi connectivity index (χ4v) is 4.05. The van der Waals surface area contributed by atoms with E-state index in [0.717, 1.165) is 36.5 Å². The van der Waals surface area contributed by atoms with Crippen molar-refractivity contribution in [2.75, 3.05) is 18.5 Å². The van der Waals surface area contributed by atoms with E-state index in [2.05, 4.69) is 15.2 Å². The van der Waals surface area contributed by atoms with Crippen LogP contribution in [0.3, 0.4) is 0 Å². The summed E-state index contributed by atoms with van der Waals surface area (Å²) in [4.78, 5) is 25.8. The van der Waals surface area contributed by atoms with Crippen molar-refractivity contribution < 1.29 is 14.3 Å². The zero-order chi connectivity index (χ0) is 21.8. The quantitative estimate of drug-likeness (QED) is 0.630. The first kappa shape index (κ1) is 20.9. The number of hydrogen-bond acceptors (Lipinski definition) is 3. The van der Waals surface area contributed by atoms with Crippen LogP contribution in [0, 0.1) is 13.8 Å². The molecule has 2 amide bonds. The highest BCUT2D eigenvalue weighted by atomic mass is 16.5. The second kappa shape index (κ2) is 9.18. The van der Waals surface area contributed by atoms with Crippen molar-refractivity contribution >= 4 is 17.5 Å². The summed E-state index contributed by atoms with van der Waals surface area (Å²) >= 11 is 0. The summed E-state index contributed by atoms with van der Waals surface area (Å²) in [5.74, 6) is -0.462. The average Bonchev–Trinajstić information content (AvgIpc) is 3.40. The molecule has 1 saturated heterocycles. The molecule has 1 aromatic heterocycles. The Morgan fingerprint density at radius 2 is 1.74 bits per heavy atom. The zero-order valence-electron chi connectivity index (χ0n) is 17.9. The smallest absolute Gasteiger partial charge is 0.257 e. The van der Waals surface area contributed by atoms with E-state index in [4.69, 9.17) is 4.74 Å². The lowest BCUT2D eigenvalue weighted by molar-refractivity contribution is 0.0858. The second-order valence-electron chi connectivity index (χ2n) is 7.80. The van der Waals surface area contributed by atoms with E-state index < -0.39 is 0 Å². The largest absolute Gasteiger partial charge is 0.376 e. The van der Waals surface area contributed by atoms with Gasteiger partial charge in [0.15, 0.2) is 0 Å². The molecule has 1 fully saturated rings. The normalized spacial score (nSPS) is 15.6. The Morgan fingerprint density at radius 3 is 2.48 bits per heavy atom. The fraction of sp³-hybridized carbons (Fsp3) is 0.280. The maximum atomic E-state index is 13.1. The van der Waals surface area contributed by atoms with Gasteiger partial charge in [0.1, 0.15) is 0 Å². The number of aryl methyl sites for hydroxylation is 1. The molecule has 31 heavy (non-hydrogen) atoms. The molecule has 160 valence electrons. The van der Waals surface area contributed by atoms with Gasteiger partial charge in [0, 0.05) is 30.2 Å². The van der Waals surface area contributed by atoms with E-state index in [1.807, 2.05) is 50.2 Å². The molecule has 2 heterocycles. The number of nitrogens with one attached hydrogen (secondary N) is 2. The van der Waals surface area contributed by atoms with Crippen LogP contribution in [0.5, 0.6) is 0 Å². The van der Waals surface area contributed by atoms with Crippen LogP contribution in [0.1, 0.15) is 44.9 Å². The lowest BCUT2D eigenvalue weighted by Crippen LogP contribution is -2.32. The van der Waals surface area contributed by atoms with E-state index in [-0.39, 0.29) is 17.9 Å². The van der Waals surface area contributed by atoms with E-state index in [0.29, 0.717) is 23.4 Å². The Kier molecular flexibility index (Phi) is 6.18. The molecule has 6 nitrogen and oxygen atoms in total. The minimum Gasteiger partial charge on any atom is -0.376 e. The van der Waals surface area contributed by atoms with Gasteiger partial charge in [-0.1, -0.05) is 30.3 Å². The lowest BCUT2D eigenvalue weighted by atomic mass is 10.1. The molecular formula is C25H27N3O3. The van der Waals surface area contributed by atoms with Crippen molar-refractivity contribution in [1.29, 1.82) is 0 Å². The molecule has 2 N–H and O–H groups in total. The number of amides is 2. The maximum Gasteiger partial charge on any atom is 0.257 e.